The van der Waals surface area contributed by atoms with Crippen LogP contribution >= 0.6 is 11.6 Å². The summed E-state index contributed by atoms with van der Waals surface area (Å²) in [6, 6.07) is -0.658. The van der Waals surface area contributed by atoms with Crippen molar-refractivity contribution in [3.63, 3.8) is 0 Å². The number of aromatic nitrogens is 2. The van der Waals surface area contributed by atoms with Gasteiger partial charge >= 0.3 is 5.69 Å². The zero-order chi connectivity index (χ0) is 14.6. The fourth-order valence-corrected chi connectivity index (χ4v) is 1.58. The number of amides is 1. The van der Waals surface area contributed by atoms with Crippen molar-refractivity contribution in [1.29, 1.82) is 0 Å². The third-order valence-corrected chi connectivity index (χ3v) is 2.81. The van der Waals surface area contributed by atoms with Crippen molar-refractivity contribution < 1.29 is 9.72 Å². The van der Waals surface area contributed by atoms with Gasteiger partial charge in [0.05, 0.1) is 4.92 Å². The molecule has 1 atom stereocenters. The first-order chi connectivity index (χ1) is 8.88. The number of nitro groups is 1. The van der Waals surface area contributed by atoms with Gasteiger partial charge in [0, 0.05) is 13.6 Å². The maximum Gasteiger partial charge on any atom is 0.348 e. The first-order valence-corrected chi connectivity index (χ1v) is 5.92. The molecule has 8 nitrogen and oxygen atoms in total. The molecule has 0 aliphatic rings. The molecule has 1 unspecified atom stereocenters. The lowest BCUT2D eigenvalue weighted by Gasteiger charge is -2.20. The lowest BCUT2D eigenvalue weighted by Crippen LogP contribution is -2.39. The smallest absolute Gasteiger partial charge is 0.348 e. The van der Waals surface area contributed by atoms with Crippen molar-refractivity contribution in [2.45, 2.75) is 19.9 Å². The Labute approximate surface area is 114 Å². The van der Waals surface area contributed by atoms with Crippen LogP contribution in [0.3, 0.4) is 0 Å². The number of rotatable bonds is 5. The molecule has 0 aliphatic carbocycles. The fraction of sp³-hybridized carbons (Fsp3) is 0.500. The first kappa shape index (κ1) is 15.1. The molecule has 0 saturated heterocycles. The van der Waals surface area contributed by atoms with Gasteiger partial charge in [-0.25, -0.2) is 9.97 Å². The zero-order valence-corrected chi connectivity index (χ0v) is 11.5. The minimum atomic E-state index is -0.689. The molecule has 1 aromatic rings. The number of likely N-dealkylation sites (N-methyl/N-ethyl adjacent to an activating group) is 1. The van der Waals surface area contributed by atoms with E-state index in [1.807, 2.05) is 6.92 Å². The van der Waals surface area contributed by atoms with Gasteiger partial charge in [0.25, 0.3) is 0 Å². The number of hydrogen-bond donors (Lipinski definition) is 1. The van der Waals surface area contributed by atoms with Crippen molar-refractivity contribution >= 4 is 29.0 Å². The second-order valence-electron chi connectivity index (χ2n) is 3.84. The van der Waals surface area contributed by atoms with Gasteiger partial charge in [-0.05, 0) is 13.8 Å². The first-order valence-electron chi connectivity index (χ1n) is 5.54. The molecule has 0 spiro atoms. The lowest BCUT2D eigenvalue weighted by atomic mass is 10.3. The number of nitrogens with one attached hydrogen (secondary N) is 1. The maximum atomic E-state index is 11.9. The number of anilines is 1. The third-order valence-electron chi connectivity index (χ3n) is 2.53. The minimum absolute atomic E-state index is 0.0737. The molecule has 0 aliphatic heterocycles. The summed E-state index contributed by atoms with van der Waals surface area (Å²) in [5.74, 6) is -0.276. The topological polar surface area (TPSA) is 101 Å². The van der Waals surface area contributed by atoms with E-state index in [0.29, 0.717) is 6.54 Å². The molecular formula is C10H14ClN5O3. The molecule has 0 bridgehead atoms. The van der Waals surface area contributed by atoms with Crippen LogP contribution in [0.4, 0.5) is 11.5 Å². The Balaban J connectivity index is 2.97. The standard InChI is InChI=1S/C10H14ClN5O3/c1-4-15(3)10(17)6(2)14-9-7(16(18)19)8(11)12-5-13-9/h5-6H,4H2,1-3H3,(H,12,13,14). The van der Waals surface area contributed by atoms with Gasteiger partial charge in [0.1, 0.15) is 12.4 Å². The summed E-state index contributed by atoms with van der Waals surface area (Å²) in [7, 11) is 1.64. The van der Waals surface area contributed by atoms with E-state index in [0.717, 1.165) is 6.33 Å². The molecular weight excluding hydrogens is 274 g/mol. The Morgan fingerprint density at radius 1 is 1.63 bits per heavy atom. The largest absolute Gasteiger partial charge is 0.353 e. The van der Waals surface area contributed by atoms with Gasteiger partial charge in [-0.3, -0.25) is 14.9 Å². The van der Waals surface area contributed by atoms with Crippen LogP contribution in [0.5, 0.6) is 0 Å². The summed E-state index contributed by atoms with van der Waals surface area (Å²) in [5.41, 5.74) is -0.442. The summed E-state index contributed by atoms with van der Waals surface area (Å²) < 4.78 is 0. The highest BCUT2D eigenvalue weighted by molar-refractivity contribution is 6.31. The zero-order valence-electron chi connectivity index (χ0n) is 10.8. The van der Waals surface area contributed by atoms with Gasteiger partial charge < -0.3 is 10.2 Å². The molecule has 1 amide bonds. The summed E-state index contributed by atoms with van der Waals surface area (Å²) >= 11 is 5.65. The Bertz CT molecular complexity index is 496. The summed E-state index contributed by atoms with van der Waals surface area (Å²) in [4.78, 5) is 30.8. The summed E-state index contributed by atoms with van der Waals surface area (Å²) in [6.07, 6.45) is 1.10. The summed E-state index contributed by atoms with van der Waals surface area (Å²) in [6.45, 7) is 3.96. The molecule has 0 radical (unpaired) electrons. The van der Waals surface area contributed by atoms with Gasteiger partial charge in [-0.2, -0.15) is 0 Å². The van der Waals surface area contributed by atoms with Crippen LogP contribution in [-0.2, 0) is 4.79 Å². The predicted octanol–water partition coefficient (Wildman–Crippen LogP) is 1.32. The van der Waals surface area contributed by atoms with Crippen molar-refractivity contribution in [1.82, 2.24) is 14.9 Å². The highest BCUT2D eigenvalue weighted by atomic mass is 35.5. The Morgan fingerprint density at radius 3 is 2.79 bits per heavy atom. The molecule has 1 N–H and O–H groups in total. The minimum Gasteiger partial charge on any atom is -0.353 e. The monoisotopic (exact) mass is 287 g/mol. The molecule has 1 heterocycles. The van der Waals surface area contributed by atoms with Crippen molar-refractivity contribution in [2.24, 2.45) is 0 Å². The molecule has 0 aromatic carbocycles. The Kier molecular flexibility index (Phi) is 4.99. The van der Waals surface area contributed by atoms with Gasteiger partial charge in [-0.15, -0.1) is 0 Å². The second kappa shape index (κ2) is 6.28. The normalized spacial score (nSPS) is 11.8. The number of halogens is 1. The van der Waals surface area contributed by atoms with Gasteiger partial charge in [0.15, 0.2) is 0 Å². The Morgan fingerprint density at radius 2 is 2.26 bits per heavy atom. The van der Waals surface area contributed by atoms with Crippen LogP contribution in [0.25, 0.3) is 0 Å². The molecule has 104 valence electrons. The third kappa shape index (κ3) is 3.50. The van der Waals surface area contributed by atoms with E-state index in [1.54, 1.807) is 14.0 Å². The maximum absolute atomic E-state index is 11.9. The number of hydrogen-bond acceptors (Lipinski definition) is 6. The molecule has 0 fully saturated rings. The van der Waals surface area contributed by atoms with Crippen molar-refractivity contribution in [2.75, 3.05) is 18.9 Å². The van der Waals surface area contributed by atoms with E-state index in [2.05, 4.69) is 15.3 Å². The van der Waals surface area contributed by atoms with Crippen LogP contribution in [-0.4, -0.2) is 45.3 Å². The van der Waals surface area contributed by atoms with Gasteiger partial charge in [-0.1, -0.05) is 11.6 Å². The molecule has 1 rings (SSSR count). The highest BCUT2D eigenvalue weighted by Gasteiger charge is 2.25. The summed E-state index contributed by atoms with van der Waals surface area (Å²) in [5, 5.41) is 13.3. The van der Waals surface area contributed by atoms with Crippen molar-refractivity contribution in [3.8, 4) is 0 Å². The van der Waals surface area contributed by atoms with Crippen LogP contribution in [0.2, 0.25) is 5.15 Å². The SMILES string of the molecule is CCN(C)C(=O)C(C)Nc1ncnc(Cl)c1[N+](=O)[O-]. The van der Waals surface area contributed by atoms with E-state index in [-0.39, 0.29) is 16.9 Å². The van der Waals surface area contributed by atoms with E-state index in [1.165, 1.54) is 4.90 Å². The quantitative estimate of drug-likeness (QED) is 0.498. The second-order valence-corrected chi connectivity index (χ2v) is 4.20. The predicted molar refractivity (Wildman–Crippen MR) is 70.1 cm³/mol. The van der Waals surface area contributed by atoms with Gasteiger partial charge in [0.2, 0.25) is 16.9 Å². The molecule has 1 aromatic heterocycles. The Hall–Kier alpha value is -1.96. The fourth-order valence-electron chi connectivity index (χ4n) is 1.38. The number of nitrogens with zero attached hydrogens (tertiary/aromatic N) is 4. The van der Waals surface area contributed by atoms with E-state index in [9.17, 15) is 14.9 Å². The van der Waals surface area contributed by atoms with Crippen LogP contribution < -0.4 is 5.32 Å². The molecule has 19 heavy (non-hydrogen) atoms. The highest BCUT2D eigenvalue weighted by Crippen LogP contribution is 2.28. The molecule has 9 heteroatoms. The lowest BCUT2D eigenvalue weighted by molar-refractivity contribution is -0.384. The van der Waals surface area contributed by atoms with Crippen LogP contribution in [0, 0.1) is 10.1 Å². The average Bonchev–Trinajstić information content (AvgIpc) is 2.36. The average molecular weight is 288 g/mol. The number of carbonyl (C=O) groups is 1. The van der Waals surface area contributed by atoms with Crippen LogP contribution in [0.15, 0.2) is 6.33 Å². The van der Waals surface area contributed by atoms with E-state index < -0.39 is 16.7 Å². The van der Waals surface area contributed by atoms with Crippen molar-refractivity contribution in [3.05, 3.63) is 21.6 Å². The number of carbonyl (C=O) groups excluding carboxylic acids is 1. The van der Waals surface area contributed by atoms with Crippen LogP contribution in [0.1, 0.15) is 13.8 Å². The molecule has 0 saturated carbocycles. The van der Waals surface area contributed by atoms with E-state index in [4.69, 9.17) is 11.6 Å². The van der Waals surface area contributed by atoms with E-state index >= 15 is 0 Å².